The SMILES string of the molecule is CCOc1ccc2nc(N(Cc3ccccn3)C(=O)c3ccc(S(=O)(=O)N(CCC#N)CCC#N)cc3)sc2c1. The number of carbonyl (C=O) groups excluding carboxylic acids is 1. The zero-order valence-corrected chi connectivity index (χ0v) is 23.4. The van der Waals surface area contributed by atoms with Crippen molar-refractivity contribution in [1.29, 1.82) is 10.5 Å². The van der Waals surface area contributed by atoms with Gasteiger partial charge in [0.15, 0.2) is 5.13 Å². The molecule has 2 heterocycles. The summed E-state index contributed by atoms with van der Waals surface area (Å²) in [6.45, 7) is 2.54. The van der Waals surface area contributed by atoms with Gasteiger partial charge in [-0.2, -0.15) is 14.8 Å². The standard InChI is InChI=1S/C28H26N6O4S2/c1-2-38-23-10-13-25-26(19-23)39-28(32-25)34(20-22-7-3-4-16-31-22)27(35)21-8-11-24(12-9-21)40(36,37)33(17-5-14-29)18-6-15-30/h3-4,7-13,16,19H,2,5-6,17-18,20H2,1H3. The number of pyridine rings is 1. The fourth-order valence-electron chi connectivity index (χ4n) is 3.92. The molecule has 12 heteroatoms. The van der Waals surface area contributed by atoms with Gasteiger partial charge >= 0.3 is 0 Å². The largest absolute Gasteiger partial charge is 0.494 e. The highest BCUT2D eigenvalue weighted by Gasteiger charge is 2.26. The summed E-state index contributed by atoms with van der Waals surface area (Å²) >= 11 is 1.35. The maximum Gasteiger partial charge on any atom is 0.260 e. The van der Waals surface area contributed by atoms with Gasteiger partial charge in [-0.3, -0.25) is 14.7 Å². The smallest absolute Gasteiger partial charge is 0.260 e. The van der Waals surface area contributed by atoms with Crippen molar-refractivity contribution in [2.45, 2.75) is 31.2 Å². The molecule has 0 bridgehead atoms. The van der Waals surface area contributed by atoms with Crippen molar-refractivity contribution in [3.8, 4) is 17.9 Å². The average molecular weight is 575 g/mol. The number of benzene rings is 2. The molecular weight excluding hydrogens is 548 g/mol. The van der Waals surface area contributed by atoms with E-state index in [9.17, 15) is 13.2 Å². The zero-order valence-electron chi connectivity index (χ0n) is 21.7. The van der Waals surface area contributed by atoms with E-state index in [1.807, 2.05) is 49.4 Å². The molecule has 40 heavy (non-hydrogen) atoms. The number of fused-ring (bicyclic) bond motifs is 1. The summed E-state index contributed by atoms with van der Waals surface area (Å²) in [5, 5.41) is 18.3. The Morgan fingerprint density at radius 3 is 2.38 bits per heavy atom. The first-order chi connectivity index (χ1) is 19.4. The molecule has 0 aliphatic heterocycles. The lowest BCUT2D eigenvalue weighted by Crippen LogP contribution is -2.33. The lowest BCUT2D eigenvalue weighted by atomic mass is 10.2. The number of aromatic nitrogens is 2. The van der Waals surface area contributed by atoms with Crippen LogP contribution in [0.15, 0.2) is 71.8 Å². The number of sulfonamides is 1. The number of ether oxygens (including phenoxy) is 1. The second kappa shape index (κ2) is 13.1. The van der Waals surface area contributed by atoms with E-state index in [1.165, 1.54) is 40.5 Å². The van der Waals surface area contributed by atoms with Gasteiger partial charge in [-0.15, -0.1) is 0 Å². The van der Waals surface area contributed by atoms with Crippen LogP contribution in [-0.4, -0.2) is 48.3 Å². The molecule has 0 aliphatic rings. The summed E-state index contributed by atoms with van der Waals surface area (Å²) in [5.41, 5.74) is 1.65. The van der Waals surface area contributed by atoms with Gasteiger partial charge in [-0.05, 0) is 61.5 Å². The summed E-state index contributed by atoms with van der Waals surface area (Å²) in [6.07, 6.45) is 1.64. The number of hydrogen-bond acceptors (Lipinski definition) is 9. The Balaban J connectivity index is 1.66. The van der Waals surface area contributed by atoms with Gasteiger partial charge in [0, 0.05) is 37.7 Å². The summed E-state index contributed by atoms with van der Waals surface area (Å²) in [5.74, 6) is 0.340. The molecule has 0 atom stereocenters. The highest BCUT2D eigenvalue weighted by Crippen LogP contribution is 2.33. The molecular formula is C28H26N6O4S2. The van der Waals surface area contributed by atoms with E-state index in [0.29, 0.717) is 23.2 Å². The van der Waals surface area contributed by atoms with Crippen LogP contribution in [0.25, 0.3) is 10.2 Å². The van der Waals surface area contributed by atoms with Crippen LogP contribution in [0.5, 0.6) is 5.75 Å². The van der Waals surface area contributed by atoms with E-state index >= 15 is 0 Å². The third-order valence-corrected chi connectivity index (χ3v) is 8.82. The highest BCUT2D eigenvalue weighted by atomic mass is 32.2. The minimum Gasteiger partial charge on any atom is -0.494 e. The number of carbonyl (C=O) groups is 1. The van der Waals surface area contributed by atoms with E-state index in [0.717, 1.165) is 14.5 Å². The Labute approximate surface area is 236 Å². The van der Waals surface area contributed by atoms with Gasteiger partial charge in [-0.25, -0.2) is 13.4 Å². The molecule has 4 rings (SSSR count). The summed E-state index contributed by atoms with van der Waals surface area (Å²) in [6, 6.07) is 20.5. The van der Waals surface area contributed by atoms with Crippen LogP contribution < -0.4 is 9.64 Å². The van der Waals surface area contributed by atoms with Crippen LogP contribution in [0.4, 0.5) is 5.13 Å². The number of anilines is 1. The first kappa shape index (κ1) is 28.6. The molecule has 0 aliphatic carbocycles. The molecule has 204 valence electrons. The number of hydrogen-bond donors (Lipinski definition) is 0. The Kier molecular flexibility index (Phi) is 9.40. The maximum atomic E-state index is 13.8. The van der Waals surface area contributed by atoms with Crippen LogP contribution >= 0.6 is 11.3 Å². The third kappa shape index (κ3) is 6.61. The van der Waals surface area contributed by atoms with Gasteiger partial charge in [0.05, 0.1) is 46.1 Å². The highest BCUT2D eigenvalue weighted by molar-refractivity contribution is 7.89. The van der Waals surface area contributed by atoms with E-state index < -0.39 is 10.0 Å². The van der Waals surface area contributed by atoms with Gasteiger partial charge < -0.3 is 4.74 Å². The van der Waals surface area contributed by atoms with Crippen LogP contribution in [0.3, 0.4) is 0 Å². The maximum absolute atomic E-state index is 13.8. The summed E-state index contributed by atoms with van der Waals surface area (Å²) in [7, 11) is -3.96. The molecule has 0 radical (unpaired) electrons. The molecule has 0 unspecified atom stereocenters. The van der Waals surface area contributed by atoms with Gasteiger partial charge in [0.25, 0.3) is 5.91 Å². The Bertz CT molecular complexity index is 1640. The average Bonchev–Trinajstić information content (AvgIpc) is 3.39. The van der Waals surface area contributed by atoms with Crippen molar-refractivity contribution >= 4 is 42.6 Å². The second-order valence-corrected chi connectivity index (χ2v) is 11.5. The second-order valence-electron chi connectivity index (χ2n) is 8.52. The molecule has 0 N–H and O–H groups in total. The van der Waals surface area contributed by atoms with Crippen LogP contribution in [0.2, 0.25) is 0 Å². The fourth-order valence-corrected chi connectivity index (χ4v) is 6.35. The van der Waals surface area contributed by atoms with Crippen LogP contribution in [0.1, 0.15) is 35.8 Å². The molecule has 2 aromatic carbocycles. The Morgan fingerprint density at radius 1 is 1.02 bits per heavy atom. The number of nitriles is 2. The summed E-state index contributed by atoms with van der Waals surface area (Å²) < 4.78 is 33.9. The molecule has 2 aromatic heterocycles. The van der Waals surface area contributed by atoms with E-state index in [-0.39, 0.29) is 48.8 Å². The number of nitrogens with zero attached hydrogens (tertiary/aromatic N) is 6. The van der Waals surface area contributed by atoms with E-state index in [4.69, 9.17) is 15.3 Å². The lowest BCUT2D eigenvalue weighted by molar-refractivity contribution is 0.0984. The molecule has 0 spiro atoms. The van der Waals surface area contributed by atoms with Gasteiger partial charge in [-0.1, -0.05) is 17.4 Å². The molecule has 0 fully saturated rings. The third-order valence-electron chi connectivity index (χ3n) is 5.87. The van der Waals surface area contributed by atoms with Crippen molar-refractivity contribution in [1.82, 2.24) is 14.3 Å². The Hall–Kier alpha value is -4.36. The fraction of sp³-hybridized carbons (Fsp3) is 0.250. The van der Waals surface area contributed by atoms with Crippen molar-refractivity contribution in [3.63, 3.8) is 0 Å². The van der Waals surface area contributed by atoms with E-state index in [2.05, 4.69) is 9.97 Å². The van der Waals surface area contributed by atoms with Gasteiger partial charge in [0.2, 0.25) is 10.0 Å². The monoisotopic (exact) mass is 574 g/mol. The van der Waals surface area contributed by atoms with Crippen molar-refractivity contribution in [3.05, 3.63) is 78.1 Å². The topological polar surface area (TPSA) is 140 Å². The molecule has 0 saturated carbocycles. The predicted octanol–water partition coefficient (Wildman–Crippen LogP) is 4.76. The summed E-state index contributed by atoms with van der Waals surface area (Å²) in [4.78, 5) is 24.3. The number of amides is 1. The molecule has 10 nitrogen and oxygen atoms in total. The van der Waals surface area contributed by atoms with Crippen molar-refractivity contribution in [2.75, 3.05) is 24.6 Å². The first-order valence-electron chi connectivity index (χ1n) is 12.5. The quantitative estimate of drug-likeness (QED) is 0.236. The Morgan fingerprint density at radius 2 is 1.75 bits per heavy atom. The van der Waals surface area contributed by atoms with Crippen LogP contribution in [0, 0.1) is 22.7 Å². The predicted molar refractivity (Wildman–Crippen MR) is 151 cm³/mol. The number of thiazole rings is 1. The first-order valence-corrected chi connectivity index (χ1v) is 14.7. The van der Waals surface area contributed by atoms with Crippen molar-refractivity contribution < 1.29 is 17.9 Å². The zero-order chi connectivity index (χ0) is 28.5. The van der Waals surface area contributed by atoms with E-state index in [1.54, 1.807) is 12.3 Å². The van der Waals surface area contributed by atoms with Gasteiger partial charge in [0.1, 0.15) is 5.75 Å². The minimum atomic E-state index is -3.96. The molecule has 0 saturated heterocycles. The van der Waals surface area contributed by atoms with Crippen molar-refractivity contribution in [2.24, 2.45) is 0 Å². The normalized spacial score (nSPS) is 11.2. The molecule has 4 aromatic rings. The lowest BCUT2D eigenvalue weighted by Gasteiger charge is -2.21. The number of rotatable bonds is 12. The molecule has 1 amide bonds. The minimum absolute atomic E-state index is 0.00204. The van der Waals surface area contributed by atoms with Crippen LogP contribution in [-0.2, 0) is 16.6 Å².